The van der Waals surface area contributed by atoms with Crippen LogP contribution in [0.4, 0.5) is 11.4 Å². The number of halogens is 4. The van der Waals surface area contributed by atoms with E-state index in [1.807, 2.05) is 24.3 Å². The minimum Gasteiger partial charge on any atom is -0.376 e. The molecule has 3 aromatic rings. The number of nitro groups is 1. The summed E-state index contributed by atoms with van der Waals surface area (Å²) in [5.74, 6) is 0.184. The lowest BCUT2D eigenvalue weighted by atomic mass is 9.77. The quantitative estimate of drug-likeness (QED) is 0.189. The van der Waals surface area contributed by atoms with Crippen molar-refractivity contribution in [2.45, 2.75) is 33.9 Å². The van der Waals surface area contributed by atoms with Crippen molar-refractivity contribution in [3.05, 3.63) is 96.4 Å². The fourth-order valence-corrected chi connectivity index (χ4v) is 7.79. The molecule has 0 saturated heterocycles. The van der Waals surface area contributed by atoms with Crippen molar-refractivity contribution in [2.24, 2.45) is 5.92 Å². The van der Waals surface area contributed by atoms with E-state index < -0.39 is 0 Å². The molecule has 5 atom stereocenters. The average Bonchev–Trinajstić information content (AvgIpc) is 3.10. The lowest BCUT2D eigenvalue weighted by molar-refractivity contribution is -0.387. The summed E-state index contributed by atoms with van der Waals surface area (Å²) in [7, 11) is 0. The molecule has 0 aromatic heterocycles. The van der Waals surface area contributed by atoms with Gasteiger partial charge in [-0.15, -0.1) is 23.4 Å². The Morgan fingerprint density at radius 2 is 1.82 bits per heavy atom. The summed E-state index contributed by atoms with van der Waals surface area (Å²) in [6, 6.07) is 18.8. The molecule has 0 bridgehead atoms. The number of thioether (sulfide) groups is 1. The SMILES string of the molecule is O=[N+]([O-])c1ccccc1S[C@@H]1C[C@H]2[C@@H](c3cc(Cl)cc(Cl)c3N[C@H]2c2ccc(Br)cc2)[C@H]1Cl. The van der Waals surface area contributed by atoms with Crippen LogP contribution in [0, 0.1) is 16.0 Å². The molecule has 170 valence electrons. The van der Waals surface area contributed by atoms with Gasteiger partial charge < -0.3 is 5.32 Å². The summed E-state index contributed by atoms with van der Waals surface area (Å²) in [4.78, 5) is 11.8. The zero-order chi connectivity index (χ0) is 23.3. The Kier molecular flexibility index (Phi) is 6.57. The molecule has 1 aliphatic carbocycles. The number of fused-ring (bicyclic) bond motifs is 3. The molecule has 1 heterocycles. The van der Waals surface area contributed by atoms with E-state index in [1.54, 1.807) is 18.2 Å². The van der Waals surface area contributed by atoms with E-state index >= 15 is 0 Å². The van der Waals surface area contributed by atoms with E-state index in [1.165, 1.54) is 17.8 Å². The first-order valence-corrected chi connectivity index (χ1v) is 13.2. The molecule has 33 heavy (non-hydrogen) atoms. The Bertz CT molecular complexity index is 1230. The van der Waals surface area contributed by atoms with Gasteiger partial charge in [-0.3, -0.25) is 10.1 Å². The molecule has 0 unspecified atom stereocenters. The Morgan fingerprint density at radius 1 is 1.09 bits per heavy atom. The molecule has 1 saturated carbocycles. The van der Waals surface area contributed by atoms with Crippen molar-refractivity contribution in [3.8, 4) is 0 Å². The highest BCUT2D eigenvalue weighted by Crippen LogP contribution is 2.59. The molecule has 0 spiro atoms. The second-order valence-electron chi connectivity index (χ2n) is 8.28. The molecule has 0 radical (unpaired) electrons. The number of hydrogen-bond donors (Lipinski definition) is 1. The summed E-state index contributed by atoms with van der Waals surface area (Å²) >= 11 is 25.1. The van der Waals surface area contributed by atoms with Crippen LogP contribution in [0.25, 0.3) is 0 Å². The van der Waals surface area contributed by atoms with Crippen molar-refractivity contribution >= 4 is 73.9 Å². The monoisotopic (exact) mass is 582 g/mol. The zero-order valence-corrected chi connectivity index (χ0v) is 21.7. The predicted molar refractivity (Wildman–Crippen MR) is 140 cm³/mol. The van der Waals surface area contributed by atoms with Gasteiger partial charge in [0.1, 0.15) is 0 Å². The molecule has 1 aliphatic heterocycles. The predicted octanol–water partition coefficient (Wildman–Crippen LogP) is 8.70. The van der Waals surface area contributed by atoms with Gasteiger partial charge in [-0.25, -0.2) is 0 Å². The topological polar surface area (TPSA) is 55.2 Å². The average molecular weight is 585 g/mol. The normalized spacial score (nSPS) is 25.8. The van der Waals surface area contributed by atoms with Crippen LogP contribution in [0.3, 0.4) is 0 Å². The number of nitrogens with zero attached hydrogens (tertiary/aromatic N) is 1. The van der Waals surface area contributed by atoms with Crippen LogP contribution < -0.4 is 5.32 Å². The van der Waals surface area contributed by atoms with Gasteiger partial charge in [0.25, 0.3) is 5.69 Å². The van der Waals surface area contributed by atoms with Gasteiger partial charge in [0.2, 0.25) is 0 Å². The first-order chi connectivity index (χ1) is 15.8. The molecule has 5 rings (SSSR count). The van der Waals surface area contributed by atoms with Crippen LogP contribution in [-0.4, -0.2) is 15.6 Å². The largest absolute Gasteiger partial charge is 0.376 e. The highest BCUT2D eigenvalue weighted by atomic mass is 79.9. The number of anilines is 1. The summed E-state index contributed by atoms with van der Waals surface area (Å²) < 4.78 is 1.01. The van der Waals surface area contributed by atoms with Gasteiger partial charge in [0.15, 0.2) is 0 Å². The van der Waals surface area contributed by atoms with Crippen LogP contribution in [0.15, 0.2) is 70.0 Å². The molecule has 1 fully saturated rings. The molecule has 9 heteroatoms. The molecule has 0 amide bonds. The number of hydrogen-bond acceptors (Lipinski definition) is 4. The second-order valence-corrected chi connectivity index (χ2v) is 11.8. The summed E-state index contributed by atoms with van der Waals surface area (Å²) in [6.45, 7) is 0. The van der Waals surface area contributed by atoms with Crippen LogP contribution in [-0.2, 0) is 0 Å². The Morgan fingerprint density at radius 3 is 2.55 bits per heavy atom. The number of nitro benzene ring substituents is 1. The van der Waals surface area contributed by atoms with Crippen molar-refractivity contribution in [2.75, 3.05) is 5.32 Å². The van der Waals surface area contributed by atoms with E-state index in [9.17, 15) is 10.1 Å². The third kappa shape index (κ3) is 4.37. The van der Waals surface area contributed by atoms with Crippen LogP contribution >= 0.6 is 62.5 Å². The highest BCUT2D eigenvalue weighted by Gasteiger charge is 2.50. The fraction of sp³-hybridized carbons (Fsp3) is 0.250. The van der Waals surface area contributed by atoms with E-state index in [0.717, 1.165) is 27.7 Å². The molecule has 1 N–H and O–H groups in total. The van der Waals surface area contributed by atoms with Crippen LogP contribution in [0.1, 0.15) is 29.5 Å². The van der Waals surface area contributed by atoms with Crippen molar-refractivity contribution in [3.63, 3.8) is 0 Å². The lowest BCUT2D eigenvalue weighted by Crippen LogP contribution is -2.31. The van der Waals surface area contributed by atoms with Crippen molar-refractivity contribution < 1.29 is 4.92 Å². The van der Waals surface area contributed by atoms with Gasteiger partial charge in [-0.05, 0) is 53.8 Å². The van der Waals surface area contributed by atoms with Crippen LogP contribution in [0.2, 0.25) is 10.0 Å². The smallest absolute Gasteiger partial charge is 0.282 e. The van der Waals surface area contributed by atoms with Gasteiger partial charge in [0, 0.05) is 26.7 Å². The van der Waals surface area contributed by atoms with E-state index in [0.29, 0.717) is 14.9 Å². The van der Waals surface area contributed by atoms with Gasteiger partial charge in [-0.2, -0.15) is 0 Å². The Labute approximate surface area is 219 Å². The molecular formula is C24H18BrCl3N2O2S. The Balaban J connectivity index is 1.56. The maximum Gasteiger partial charge on any atom is 0.282 e. The first kappa shape index (κ1) is 23.3. The minimum atomic E-state index is -0.339. The second kappa shape index (κ2) is 9.31. The number of rotatable bonds is 4. The fourth-order valence-electron chi connectivity index (χ4n) is 5.01. The standard InChI is InChI=1S/C24H18BrCl3N2O2S/c25-13-7-5-12(6-8-13)23-16-11-20(33-19-4-2-1-3-18(19)30(31)32)22(28)21(16)15-9-14(26)10-17(27)24(15)29-23/h1-10,16,20-23,29H,11H2/t16-,20+,21+,22-,23-/m0/s1. The Hall–Kier alpha value is -1.44. The van der Waals surface area contributed by atoms with E-state index in [-0.39, 0.29) is 39.1 Å². The zero-order valence-electron chi connectivity index (χ0n) is 17.1. The van der Waals surface area contributed by atoms with E-state index in [2.05, 4.69) is 33.4 Å². The number of para-hydroxylation sites is 1. The van der Waals surface area contributed by atoms with Crippen LogP contribution in [0.5, 0.6) is 0 Å². The molecule has 2 aliphatic rings. The van der Waals surface area contributed by atoms with E-state index in [4.69, 9.17) is 34.8 Å². The summed E-state index contributed by atoms with van der Waals surface area (Å²) in [5.41, 5.74) is 3.12. The molecule has 4 nitrogen and oxygen atoms in total. The van der Waals surface area contributed by atoms with Crippen molar-refractivity contribution in [1.29, 1.82) is 0 Å². The summed E-state index contributed by atoms with van der Waals surface area (Å²) in [5, 5.41) is 16.1. The van der Waals surface area contributed by atoms with Gasteiger partial charge in [0.05, 0.1) is 31.9 Å². The third-order valence-electron chi connectivity index (χ3n) is 6.41. The molecule has 3 aromatic carbocycles. The van der Waals surface area contributed by atoms with Crippen molar-refractivity contribution in [1.82, 2.24) is 0 Å². The summed E-state index contributed by atoms with van der Waals surface area (Å²) in [6.07, 6.45) is 0.798. The first-order valence-electron chi connectivity index (χ1n) is 10.4. The lowest BCUT2D eigenvalue weighted by Gasteiger charge is -2.39. The number of nitrogens with one attached hydrogen (secondary N) is 1. The highest BCUT2D eigenvalue weighted by molar-refractivity contribution is 9.10. The maximum atomic E-state index is 11.5. The van der Waals surface area contributed by atoms with Gasteiger partial charge >= 0.3 is 0 Å². The molecular weight excluding hydrogens is 567 g/mol. The maximum absolute atomic E-state index is 11.5. The number of benzene rings is 3. The van der Waals surface area contributed by atoms with Gasteiger partial charge in [-0.1, -0.05) is 63.4 Å². The number of alkyl halides is 1. The third-order valence-corrected chi connectivity index (χ3v) is 9.56. The minimum absolute atomic E-state index is 0.00637.